The average molecular weight is 353 g/mol. The molecule has 2 aromatic carbocycles. The largest absolute Gasteiger partial charge is 0.298 e. The molecule has 3 aromatic rings. The van der Waals surface area contributed by atoms with E-state index in [9.17, 15) is 13.6 Å². The minimum atomic E-state index is -0.691. The zero-order valence-corrected chi connectivity index (χ0v) is 12.9. The summed E-state index contributed by atoms with van der Waals surface area (Å²) in [6.45, 7) is 0. The topological polar surface area (TPSA) is 34.9 Å². The highest BCUT2D eigenvalue weighted by Gasteiger charge is 2.18. The average Bonchev–Trinajstić information content (AvgIpc) is 2.95. The van der Waals surface area contributed by atoms with Crippen LogP contribution in [0.1, 0.15) is 10.4 Å². The Morgan fingerprint density at radius 2 is 1.78 bits per heavy atom. The Kier molecular flexibility index (Phi) is 4.15. The summed E-state index contributed by atoms with van der Waals surface area (Å²) in [6.07, 6.45) is 1.89. The third kappa shape index (κ3) is 2.85. The van der Waals surface area contributed by atoms with E-state index in [4.69, 9.17) is 23.2 Å². The van der Waals surface area contributed by atoms with Crippen molar-refractivity contribution in [2.45, 2.75) is 0 Å². The van der Waals surface area contributed by atoms with Gasteiger partial charge in [-0.05, 0) is 24.3 Å². The summed E-state index contributed by atoms with van der Waals surface area (Å²) in [6, 6.07) is 8.26. The summed E-state index contributed by atoms with van der Waals surface area (Å²) < 4.78 is 28.8. The van der Waals surface area contributed by atoms with Crippen molar-refractivity contribution in [1.29, 1.82) is 0 Å². The summed E-state index contributed by atoms with van der Waals surface area (Å²) in [5.74, 6) is -1.20. The molecule has 1 heterocycles. The number of rotatable bonds is 3. The quantitative estimate of drug-likeness (QED) is 0.494. The minimum absolute atomic E-state index is 0.137. The van der Waals surface area contributed by atoms with E-state index in [0.717, 1.165) is 6.07 Å². The molecule has 0 aliphatic carbocycles. The third-order valence-electron chi connectivity index (χ3n) is 3.23. The van der Waals surface area contributed by atoms with Gasteiger partial charge in [0.2, 0.25) is 0 Å². The maximum Gasteiger partial charge on any atom is 0.153 e. The van der Waals surface area contributed by atoms with Gasteiger partial charge in [0.25, 0.3) is 0 Å². The number of carbonyl (C=O) groups excluding carboxylic acids is 1. The van der Waals surface area contributed by atoms with Crippen LogP contribution in [0.4, 0.5) is 8.78 Å². The molecule has 7 heteroatoms. The lowest BCUT2D eigenvalue weighted by atomic mass is 10.1. The molecule has 0 N–H and O–H groups in total. The van der Waals surface area contributed by atoms with Crippen molar-refractivity contribution < 1.29 is 13.6 Å². The summed E-state index contributed by atoms with van der Waals surface area (Å²) in [4.78, 5) is 11.3. The standard InChI is InChI=1S/C16H8Cl2F2N2O/c17-11-6-12(18)14(20)5-10(11)16-9(8-23)7-22(21-16)15-4-2-1-3-13(15)19/h1-8H. The first-order chi connectivity index (χ1) is 11.0. The molecule has 116 valence electrons. The van der Waals surface area contributed by atoms with Crippen LogP contribution in [0.2, 0.25) is 10.0 Å². The molecule has 0 fully saturated rings. The SMILES string of the molecule is O=Cc1cn(-c2ccccc2F)nc1-c1cc(F)c(Cl)cc1Cl. The van der Waals surface area contributed by atoms with E-state index in [1.807, 2.05) is 0 Å². The van der Waals surface area contributed by atoms with Gasteiger partial charge in [-0.1, -0.05) is 35.3 Å². The first kappa shape index (κ1) is 15.6. The molecular formula is C16H8Cl2F2N2O. The molecule has 0 bridgehead atoms. The molecule has 0 saturated carbocycles. The highest BCUT2D eigenvalue weighted by Crippen LogP contribution is 2.33. The Labute approximate surface area is 140 Å². The molecule has 0 atom stereocenters. The van der Waals surface area contributed by atoms with Crippen molar-refractivity contribution in [1.82, 2.24) is 9.78 Å². The molecule has 0 aliphatic heterocycles. The number of benzene rings is 2. The minimum Gasteiger partial charge on any atom is -0.298 e. The Bertz CT molecular complexity index is 909. The first-order valence-corrected chi connectivity index (χ1v) is 7.21. The van der Waals surface area contributed by atoms with Crippen LogP contribution >= 0.6 is 23.2 Å². The van der Waals surface area contributed by atoms with E-state index < -0.39 is 11.6 Å². The van der Waals surface area contributed by atoms with Gasteiger partial charge < -0.3 is 0 Å². The normalized spacial score (nSPS) is 10.8. The van der Waals surface area contributed by atoms with E-state index in [-0.39, 0.29) is 32.6 Å². The molecule has 0 spiro atoms. The van der Waals surface area contributed by atoms with Crippen molar-refractivity contribution >= 4 is 29.5 Å². The van der Waals surface area contributed by atoms with E-state index in [1.54, 1.807) is 6.07 Å². The highest BCUT2D eigenvalue weighted by atomic mass is 35.5. The molecule has 3 rings (SSSR count). The lowest BCUT2D eigenvalue weighted by Gasteiger charge is -2.04. The number of aromatic nitrogens is 2. The van der Waals surface area contributed by atoms with Gasteiger partial charge in [0, 0.05) is 11.8 Å². The van der Waals surface area contributed by atoms with Crippen LogP contribution in [0.3, 0.4) is 0 Å². The lowest BCUT2D eigenvalue weighted by molar-refractivity contribution is 0.112. The van der Waals surface area contributed by atoms with Gasteiger partial charge in [0.15, 0.2) is 6.29 Å². The molecule has 0 radical (unpaired) electrons. The van der Waals surface area contributed by atoms with E-state index in [0.29, 0.717) is 6.29 Å². The molecule has 3 nitrogen and oxygen atoms in total. The van der Waals surface area contributed by atoms with Gasteiger partial charge in [-0.25, -0.2) is 13.5 Å². The predicted octanol–water partition coefficient (Wildman–Crippen LogP) is 4.94. The number of aldehydes is 1. The van der Waals surface area contributed by atoms with Crippen molar-refractivity contribution in [3.05, 3.63) is 69.8 Å². The number of hydrogen-bond acceptors (Lipinski definition) is 2. The summed E-state index contributed by atoms with van der Waals surface area (Å²) >= 11 is 11.7. The van der Waals surface area contributed by atoms with Crippen LogP contribution in [0, 0.1) is 11.6 Å². The monoisotopic (exact) mass is 352 g/mol. The molecular weight excluding hydrogens is 345 g/mol. The van der Waals surface area contributed by atoms with Crippen LogP contribution in [-0.2, 0) is 0 Å². The molecule has 1 aromatic heterocycles. The van der Waals surface area contributed by atoms with Gasteiger partial charge >= 0.3 is 0 Å². The van der Waals surface area contributed by atoms with E-state index in [1.165, 1.54) is 35.1 Å². The maximum absolute atomic E-state index is 13.9. The van der Waals surface area contributed by atoms with Crippen molar-refractivity contribution in [3.8, 4) is 16.9 Å². The summed E-state index contributed by atoms with van der Waals surface area (Å²) in [5, 5.41) is 4.16. The second kappa shape index (κ2) is 6.10. The van der Waals surface area contributed by atoms with Gasteiger partial charge in [-0.2, -0.15) is 5.10 Å². The fourth-order valence-electron chi connectivity index (χ4n) is 2.15. The molecule has 0 aliphatic rings. The van der Waals surface area contributed by atoms with E-state index in [2.05, 4.69) is 5.10 Å². The molecule has 23 heavy (non-hydrogen) atoms. The van der Waals surface area contributed by atoms with Gasteiger partial charge in [0.05, 0.1) is 15.6 Å². The first-order valence-electron chi connectivity index (χ1n) is 6.46. The highest BCUT2D eigenvalue weighted by molar-refractivity contribution is 6.36. The van der Waals surface area contributed by atoms with Gasteiger partial charge in [-0.3, -0.25) is 4.79 Å². The summed E-state index contributed by atoms with van der Waals surface area (Å²) in [5.41, 5.74) is 0.652. The van der Waals surface area contributed by atoms with E-state index >= 15 is 0 Å². The van der Waals surface area contributed by atoms with Crippen molar-refractivity contribution in [3.63, 3.8) is 0 Å². The van der Waals surface area contributed by atoms with Gasteiger partial charge in [0.1, 0.15) is 23.0 Å². The fraction of sp³-hybridized carbons (Fsp3) is 0. The zero-order valence-electron chi connectivity index (χ0n) is 11.4. The van der Waals surface area contributed by atoms with Crippen LogP contribution in [0.5, 0.6) is 0 Å². The van der Waals surface area contributed by atoms with Crippen LogP contribution in [0.25, 0.3) is 16.9 Å². The molecule has 0 saturated heterocycles. The Morgan fingerprint density at radius 1 is 1.04 bits per heavy atom. The number of carbonyl (C=O) groups is 1. The van der Waals surface area contributed by atoms with Crippen LogP contribution < -0.4 is 0 Å². The lowest BCUT2D eigenvalue weighted by Crippen LogP contribution is -1.98. The van der Waals surface area contributed by atoms with Crippen LogP contribution in [0.15, 0.2) is 42.6 Å². The van der Waals surface area contributed by atoms with Crippen molar-refractivity contribution in [2.24, 2.45) is 0 Å². The number of nitrogens with zero attached hydrogens (tertiary/aromatic N) is 2. The smallest absolute Gasteiger partial charge is 0.153 e. The zero-order chi connectivity index (χ0) is 16.6. The maximum atomic E-state index is 13.9. The second-order valence-electron chi connectivity index (χ2n) is 4.69. The van der Waals surface area contributed by atoms with Crippen LogP contribution in [-0.4, -0.2) is 16.1 Å². The number of hydrogen-bond donors (Lipinski definition) is 0. The predicted molar refractivity (Wildman–Crippen MR) is 84.3 cm³/mol. The number of para-hydroxylation sites is 1. The fourth-order valence-corrected chi connectivity index (χ4v) is 2.62. The molecule has 0 amide bonds. The number of halogens is 4. The Balaban J connectivity index is 2.20. The summed E-state index contributed by atoms with van der Waals surface area (Å²) in [7, 11) is 0. The van der Waals surface area contributed by atoms with Gasteiger partial charge in [-0.15, -0.1) is 0 Å². The third-order valence-corrected chi connectivity index (χ3v) is 3.84. The molecule has 0 unspecified atom stereocenters. The second-order valence-corrected chi connectivity index (χ2v) is 5.51. The Hall–Kier alpha value is -2.24. The Morgan fingerprint density at radius 3 is 2.48 bits per heavy atom. The van der Waals surface area contributed by atoms with Crippen molar-refractivity contribution in [2.75, 3.05) is 0 Å².